The molecule has 0 radical (unpaired) electrons. The number of rotatable bonds is 7. The molecule has 0 saturated heterocycles. The van der Waals surface area contributed by atoms with E-state index < -0.39 is 0 Å². The van der Waals surface area contributed by atoms with Crippen molar-refractivity contribution in [3.05, 3.63) is 23.2 Å². The lowest BCUT2D eigenvalue weighted by atomic mass is 10.2. The molecule has 0 fully saturated rings. The average molecular weight is 241 g/mol. The Kier molecular flexibility index (Phi) is 5.72. The lowest BCUT2D eigenvalue weighted by Gasteiger charge is -2.01. The minimum absolute atomic E-state index is 0.364. The van der Waals surface area contributed by atoms with E-state index in [0.29, 0.717) is 17.9 Å². The van der Waals surface area contributed by atoms with Crippen molar-refractivity contribution in [1.29, 1.82) is 0 Å². The van der Waals surface area contributed by atoms with E-state index in [9.17, 15) is 4.79 Å². The number of carbonyl (C=O) groups is 1. The van der Waals surface area contributed by atoms with Gasteiger partial charge in [0.2, 0.25) is 0 Å². The van der Waals surface area contributed by atoms with Crippen LogP contribution in [0.5, 0.6) is 0 Å². The number of esters is 1. The Morgan fingerprint density at radius 2 is 2.24 bits per heavy atom. The van der Waals surface area contributed by atoms with E-state index in [1.807, 2.05) is 0 Å². The summed E-state index contributed by atoms with van der Waals surface area (Å²) in [6.07, 6.45) is 0.944. The second-order valence-electron chi connectivity index (χ2n) is 3.70. The highest BCUT2D eigenvalue weighted by molar-refractivity contribution is 5.90. The lowest BCUT2D eigenvalue weighted by molar-refractivity contribution is 0.0599. The molecule has 1 N–H and O–H groups in total. The fourth-order valence-electron chi connectivity index (χ4n) is 1.50. The quantitative estimate of drug-likeness (QED) is 0.579. The Labute approximate surface area is 101 Å². The maximum Gasteiger partial charge on any atom is 0.341 e. The molecular weight excluding hydrogens is 222 g/mol. The van der Waals surface area contributed by atoms with Crippen molar-refractivity contribution >= 4 is 5.97 Å². The monoisotopic (exact) mass is 241 g/mol. The molecule has 0 saturated carbocycles. The maximum atomic E-state index is 11.3. The van der Waals surface area contributed by atoms with Crippen molar-refractivity contribution in [2.24, 2.45) is 0 Å². The van der Waals surface area contributed by atoms with Gasteiger partial charge in [-0.3, -0.25) is 0 Å². The van der Waals surface area contributed by atoms with Crippen LogP contribution in [0.4, 0.5) is 0 Å². The van der Waals surface area contributed by atoms with Crippen LogP contribution in [-0.2, 0) is 16.0 Å². The molecule has 1 aromatic rings. The minimum atomic E-state index is -0.364. The second-order valence-corrected chi connectivity index (χ2v) is 3.70. The number of furan rings is 1. The molecular formula is C12H19NO4. The Hall–Kier alpha value is -1.33. The molecule has 1 aromatic heterocycles. The Morgan fingerprint density at radius 3 is 2.88 bits per heavy atom. The molecule has 0 bridgehead atoms. The summed E-state index contributed by atoms with van der Waals surface area (Å²) < 4.78 is 15.0. The highest BCUT2D eigenvalue weighted by atomic mass is 16.5. The minimum Gasteiger partial charge on any atom is -0.465 e. The standard InChI is InChI=1S/C12H19NO4/c1-9-11(12(14)16-3)7-10(17-9)8-13-5-4-6-15-2/h7,13H,4-6,8H2,1-3H3. The first-order valence-corrected chi connectivity index (χ1v) is 5.56. The van der Waals surface area contributed by atoms with Crippen LogP contribution in [0.3, 0.4) is 0 Å². The van der Waals surface area contributed by atoms with Gasteiger partial charge in [0.15, 0.2) is 0 Å². The smallest absolute Gasteiger partial charge is 0.341 e. The second kappa shape index (κ2) is 7.09. The van der Waals surface area contributed by atoms with E-state index in [1.54, 1.807) is 20.1 Å². The van der Waals surface area contributed by atoms with E-state index in [-0.39, 0.29) is 5.97 Å². The highest BCUT2D eigenvalue weighted by Gasteiger charge is 2.14. The number of aryl methyl sites for hydroxylation is 1. The van der Waals surface area contributed by atoms with Gasteiger partial charge in [0.05, 0.1) is 13.7 Å². The first-order chi connectivity index (χ1) is 8.19. The molecule has 5 heteroatoms. The summed E-state index contributed by atoms with van der Waals surface area (Å²) in [5.74, 6) is 0.961. The van der Waals surface area contributed by atoms with Crippen LogP contribution in [0.1, 0.15) is 28.3 Å². The van der Waals surface area contributed by atoms with Crippen LogP contribution in [0, 0.1) is 6.92 Å². The van der Waals surface area contributed by atoms with Gasteiger partial charge in [-0.1, -0.05) is 0 Å². The van der Waals surface area contributed by atoms with Crippen LogP contribution in [0.25, 0.3) is 0 Å². The van der Waals surface area contributed by atoms with Crippen LogP contribution < -0.4 is 5.32 Å². The molecule has 1 rings (SSSR count). The highest BCUT2D eigenvalue weighted by Crippen LogP contribution is 2.15. The zero-order valence-electron chi connectivity index (χ0n) is 10.5. The molecule has 0 aromatic carbocycles. The summed E-state index contributed by atoms with van der Waals surface area (Å²) in [7, 11) is 3.04. The van der Waals surface area contributed by atoms with Crippen molar-refractivity contribution in [3.8, 4) is 0 Å². The first kappa shape index (κ1) is 13.7. The third kappa shape index (κ3) is 4.20. The van der Waals surface area contributed by atoms with E-state index in [2.05, 4.69) is 10.1 Å². The van der Waals surface area contributed by atoms with Crippen LogP contribution in [0.15, 0.2) is 10.5 Å². The Balaban J connectivity index is 2.42. The molecule has 0 aliphatic carbocycles. The number of methoxy groups -OCH3 is 2. The predicted molar refractivity (Wildman–Crippen MR) is 63.0 cm³/mol. The summed E-state index contributed by atoms with van der Waals surface area (Å²) in [4.78, 5) is 11.3. The van der Waals surface area contributed by atoms with Crippen molar-refractivity contribution in [2.45, 2.75) is 19.9 Å². The van der Waals surface area contributed by atoms with E-state index in [1.165, 1.54) is 7.11 Å². The normalized spacial score (nSPS) is 10.5. The summed E-state index contributed by atoms with van der Waals surface area (Å²) in [6.45, 7) is 3.93. The Bertz CT molecular complexity index is 359. The zero-order valence-corrected chi connectivity index (χ0v) is 10.5. The Morgan fingerprint density at radius 1 is 1.47 bits per heavy atom. The molecule has 17 heavy (non-hydrogen) atoms. The SMILES string of the molecule is COCCCNCc1cc(C(=O)OC)c(C)o1. The lowest BCUT2D eigenvalue weighted by Crippen LogP contribution is -2.15. The summed E-state index contributed by atoms with van der Waals surface area (Å²) in [5, 5.41) is 3.21. The molecule has 1 heterocycles. The number of carbonyl (C=O) groups excluding carboxylic acids is 1. The number of nitrogens with one attached hydrogen (secondary N) is 1. The van der Waals surface area contributed by atoms with Crippen molar-refractivity contribution in [3.63, 3.8) is 0 Å². The number of hydrogen-bond acceptors (Lipinski definition) is 5. The van der Waals surface area contributed by atoms with Gasteiger partial charge >= 0.3 is 5.97 Å². The molecule has 0 aliphatic rings. The number of ether oxygens (including phenoxy) is 2. The fourth-order valence-corrected chi connectivity index (χ4v) is 1.50. The van der Waals surface area contributed by atoms with Gasteiger partial charge in [0, 0.05) is 13.7 Å². The van der Waals surface area contributed by atoms with Gasteiger partial charge in [-0.2, -0.15) is 0 Å². The van der Waals surface area contributed by atoms with Crippen molar-refractivity contribution in [1.82, 2.24) is 5.32 Å². The third-order valence-electron chi connectivity index (χ3n) is 2.38. The molecule has 0 amide bonds. The molecule has 0 unspecified atom stereocenters. The van der Waals surface area contributed by atoms with Crippen molar-refractivity contribution in [2.75, 3.05) is 27.4 Å². The largest absolute Gasteiger partial charge is 0.465 e. The van der Waals surface area contributed by atoms with Gasteiger partial charge in [-0.05, 0) is 26.0 Å². The predicted octanol–water partition coefficient (Wildman–Crippen LogP) is 1.50. The third-order valence-corrected chi connectivity index (χ3v) is 2.38. The van der Waals surface area contributed by atoms with Crippen molar-refractivity contribution < 1.29 is 18.7 Å². The first-order valence-electron chi connectivity index (χ1n) is 5.56. The summed E-state index contributed by atoms with van der Waals surface area (Å²) in [5.41, 5.74) is 0.487. The fraction of sp³-hybridized carbons (Fsp3) is 0.583. The van der Waals surface area contributed by atoms with Gasteiger partial charge in [-0.25, -0.2) is 4.79 Å². The maximum absolute atomic E-state index is 11.3. The van der Waals surface area contributed by atoms with E-state index in [0.717, 1.165) is 25.3 Å². The molecule has 0 aliphatic heterocycles. The average Bonchev–Trinajstić information content (AvgIpc) is 2.69. The molecule has 5 nitrogen and oxygen atoms in total. The molecule has 0 atom stereocenters. The zero-order chi connectivity index (χ0) is 12.7. The van der Waals surface area contributed by atoms with Crippen LogP contribution in [-0.4, -0.2) is 33.3 Å². The summed E-state index contributed by atoms with van der Waals surface area (Å²) >= 11 is 0. The molecule has 0 spiro atoms. The van der Waals surface area contributed by atoms with E-state index >= 15 is 0 Å². The summed E-state index contributed by atoms with van der Waals surface area (Å²) in [6, 6.07) is 1.71. The molecule has 96 valence electrons. The topological polar surface area (TPSA) is 60.7 Å². The van der Waals surface area contributed by atoms with Crippen LogP contribution >= 0.6 is 0 Å². The van der Waals surface area contributed by atoms with E-state index in [4.69, 9.17) is 9.15 Å². The van der Waals surface area contributed by atoms with Gasteiger partial charge in [0.25, 0.3) is 0 Å². The van der Waals surface area contributed by atoms with Crippen LogP contribution in [0.2, 0.25) is 0 Å². The number of hydrogen-bond donors (Lipinski definition) is 1. The van der Waals surface area contributed by atoms with Gasteiger partial charge in [-0.15, -0.1) is 0 Å². The van der Waals surface area contributed by atoms with Gasteiger partial charge < -0.3 is 19.2 Å². The van der Waals surface area contributed by atoms with Gasteiger partial charge in [0.1, 0.15) is 17.1 Å².